The molecule has 4 rings (SSSR count). The third kappa shape index (κ3) is 7.42. The molecule has 0 bridgehead atoms. The highest BCUT2D eigenvalue weighted by atomic mass is 32.2. The van der Waals surface area contributed by atoms with E-state index in [2.05, 4.69) is 10.2 Å². The molecule has 0 aromatic heterocycles. The van der Waals surface area contributed by atoms with Gasteiger partial charge in [0.1, 0.15) is 0 Å². The Bertz CT molecular complexity index is 1450. The maximum atomic E-state index is 13.6. The molecule has 1 spiro atoms. The summed E-state index contributed by atoms with van der Waals surface area (Å²) in [5, 5.41) is 2.86. The van der Waals surface area contributed by atoms with Gasteiger partial charge in [0.25, 0.3) is 5.91 Å². The van der Waals surface area contributed by atoms with Gasteiger partial charge in [-0.3, -0.25) is 4.79 Å². The zero-order valence-electron chi connectivity index (χ0n) is 24.0. The van der Waals surface area contributed by atoms with E-state index < -0.39 is 36.4 Å². The molecule has 2 aliphatic rings. The average Bonchev–Trinajstić information content (AvgIpc) is 3.55. The van der Waals surface area contributed by atoms with E-state index in [9.17, 15) is 21.6 Å². The Morgan fingerprint density at radius 2 is 1.33 bits per heavy atom. The first-order valence-electron chi connectivity index (χ1n) is 13.6. The number of benzene rings is 2. The van der Waals surface area contributed by atoms with Crippen molar-refractivity contribution in [2.75, 3.05) is 34.8 Å². The van der Waals surface area contributed by atoms with E-state index in [0.29, 0.717) is 22.4 Å². The standard InChI is InChI=1S/C30H42N2O5S2/c1-28(2,3)20-38(34,35)23-9-7-8-22(18-23)31-27(33)25-11-10-24(39(36,37)21-29(4,5)6)19-26(25)32-16-14-30(12-13-30)15-17-32/h7-11,18-19H,12-17,20-21H2,1-6H3,(H,31,33). The van der Waals surface area contributed by atoms with Crippen LogP contribution in [0.25, 0.3) is 0 Å². The Labute approximate surface area is 234 Å². The van der Waals surface area contributed by atoms with E-state index in [1.54, 1.807) is 30.3 Å². The predicted molar refractivity (Wildman–Crippen MR) is 157 cm³/mol. The smallest absolute Gasteiger partial charge is 0.257 e. The number of carbonyl (C=O) groups is 1. The monoisotopic (exact) mass is 574 g/mol. The van der Waals surface area contributed by atoms with Crippen LogP contribution in [0, 0.1) is 16.2 Å². The summed E-state index contributed by atoms with van der Waals surface area (Å²) in [6, 6.07) is 11.0. The molecule has 1 aliphatic heterocycles. The van der Waals surface area contributed by atoms with Gasteiger partial charge in [0.05, 0.1) is 32.5 Å². The van der Waals surface area contributed by atoms with Crippen LogP contribution in [0.5, 0.6) is 0 Å². The Balaban J connectivity index is 1.65. The number of carbonyl (C=O) groups excluding carboxylic acids is 1. The number of nitrogens with zero attached hydrogens (tertiary/aromatic N) is 1. The fraction of sp³-hybridized carbons (Fsp3) is 0.567. The minimum Gasteiger partial charge on any atom is -0.371 e. The number of piperidine rings is 1. The second-order valence-corrected chi connectivity index (χ2v) is 17.8. The summed E-state index contributed by atoms with van der Waals surface area (Å²) in [4.78, 5) is 16.1. The molecule has 1 amide bonds. The van der Waals surface area contributed by atoms with Gasteiger partial charge in [0.2, 0.25) is 0 Å². The van der Waals surface area contributed by atoms with Crippen LogP contribution in [-0.2, 0) is 19.7 Å². The summed E-state index contributed by atoms with van der Waals surface area (Å²) >= 11 is 0. The van der Waals surface area contributed by atoms with Gasteiger partial charge in [0.15, 0.2) is 19.7 Å². The zero-order valence-corrected chi connectivity index (χ0v) is 25.6. The quantitative estimate of drug-likeness (QED) is 0.438. The molecule has 1 aliphatic carbocycles. The van der Waals surface area contributed by atoms with Crippen LogP contribution in [0.2, 0.25) is 0 Å². The van der Waals surface area contributed by atoms with Gasteiger partial charge in [-0.15, -0.1) is 0 Å². The van der Waals surface area contributed by atoms with Crippen LogP contribution < -0.4 is 10.2 Å². The van der Waals surface area contributed by atoms with Gasteiger partial charge >= 0.3 is 0 Å². The zero-order chi connectivity index (χ0) is 28.9. The molecule has 9 heteroatoms. The summed E-state index contributed by atoms with van der Waals surface area (Å²) in [5.41, 5.74) is 0.968. The molecule has 1 heterocycles. The maximum Gasteiger partial charge on any atom is 0.257 e. The maximum absolute atomic E-state index is 13.6. The first-order valence-corrected chi connectivity index (χ1v) is 16.9. The summed E-state index contributed by atoms with van der Waals surface area (Å²) in [7, 11) is -7.09. The van der Waals surface area contributed by atoms with E-state index in [4.69, 9.17) is 0 Å². The second-order valence-electron chi connectivity index (χ2n) is 13.8. The molecule has 7 nitrogen and oxygen atoms in total. The summed E-state index contributed by atoms with van der Waals surface area (Å²) < 4.78 is 52.3. The first-order chi connectivity index (χ1) is 17.9. The molecule has 2 aromatic carbocycles. The van der Waals surface area contributed by atoms with Gasteiger partial charge < -0.3 is 10.2 Å². The molecule has 0 atom stereocenters. The van der Waals surface area contributed by atoms with Crippen LogP contribution in [-0.4, -0.2) is 47.3 Å². The lowest BCUT2D eigenvalue weighted by molar-refractivity contribution is 0.102. The summed E-state index contributed by atoms with van der Waals surface area (Å²) in [6.45, 7) is 12.8. The molecule has 1 N–H and O–H groups in total. The van der Waals surface area contributed by atoms with Crippen molar-refractivity contribution in [1.82, 2.24) is 0 Å². The molecule has 0 unspecified atom stereocenters. The Morgan fingerprint density at radius 1 is 0.795 bits per heavy atom. The van der Waals surface area contributed by atoms with Crippen LogP contribution in [0.4, 0.5) is 11.4 Å². The van der Waals surface area contributed by atoms with E-state index >= 15 is 0 Å². The van der Waals surface area contributed by atoms with E-state index in [1.165, 1.54) is 25.0 Å². The number of anilines is 2. The molecule has 2 aromatic rings. The van der Waals surface area contributed by atoms with Crippen molar-refractivity contribution in [3.63, 3.8) is 0 Å². The summed E-state index contributed by atoms with van der Waals surface area (Å²) in [5.74, 6) is -0.409. The Kier molecular flexibility index (Phi) is 7.75. The molecule has 2 fully saturated rings. The number of rotatable bonds is 7. The molecular weight excluding hydrogens is 532 g/mol. The van der Waals surface area contributed by atoms with Crippen LogP contribution in [0.1, 0.15) is 77.6 Å². The lowest BCUT2D eigenvalue weighted by Crippen LogP contribution is -2.36. The number of sulfone groups is 2. The van der Waals surface area contributed by atoms with Crippen molar-refractivity contribution < 1.29 is 21.6 Å². The van der Waals surface area contributed by atoms with Crippen LogP contribution in [0.15, 0.2) is 52.3 Å². The van der Waals surface area contributed by atoms with Gasteiger partial charge in [-0.25, -0.2) is 16.8 Å². The lowest BCUT2D eigenvalue weighted by Gasteiger charge is -2.35. The third-order valence-corrected chi connectivity index (χ3v) is 11.8. The van der Waals surface area contributed by atoms with Gasteiger partial charge in [-0.2, -0.15) is 0 Å². The van der Waals surface area contributed by atoms with Crippen LogP contribution in [0.3, 0.4) is 0 Å². The molecule has 39 heavy (non-hydrogen) atoms. The van der Waals surface area contributed by atoms with Crippen molar-refractivity contribution in [2.45, 2.75) is 77.0 Å². The normalized spacial score (nSPS) is 17.7. The van der Waals surface area contributed by atoms with Crippen molar-refractivity contribution in [3.05, 3.63) is 48.0 Å². The van der Waals surface area contributed by atoms with Crippen molar-refractivity contribution >= 4 is 37.0 Å². The van der Waals surface area contributed by atoms with E-state index in [0.717, 1.165) is 25.9 Å². The number of amides is 1. The first kappa shape index (κ1) is 29.6. The predicted octanol–water partition coefficient (Wildman–Crippen LogP) is 5.96. The molecule has 1 saturated heterocycles. The van der Waals surface area contributed by atoms with Gasteiger partial charge in [-0.1, -0.05) is 47.6 Å². The molecule has 1 saturated carbocycles. The molecule has 214 valence electrons. The van der Waals surface area contributed by atoms with Gasteiger partial charge in [-0.05, 0) is 78.3 Å². The topological polar surface area (TPSA) is 101 Å². The Morgan fingerprint density at radius 3 is 1.85 bits per heavy atom. The number of nitrogens with one attached hydrogen (secondary N) is 1. The third-order valence-electron chi connectivity index (χ3n) is 7.39. The molecular formula is C30H42N2O5S2. The van der Waals surface area contributed by atoms with Crippen molar-refractivity contribution in [2.24, 2.45) is 16.2 Å². The van der Waals surface area contributed by atoms with Crippen molar-refractivity contribution in [1.29, 1.82) is 0 Å². The number of hydrogen-bond donors (Lipinski definition) is 1. The van der Waals surface area contributed by atoms with Crippen LogP contribution >= 0.6 is 0 Å². The second kappa shape index (κ2) is 10.2. The fourth-order valence-corrected chi connectivity index (χ4v) is 9.10. The Hall–Kier alpha value is -2.39. The average molecular weight is 575 g/mol. The number of hydrogen-bond acceptors (Lipinski definition) is 6. The van der Waals surface area contributed by atoms with Gasteiger partial charge in [0, 0.05) is 18.8 Å². The van der Waals surface area contributed by atoms with Crippen molar-refractivity contribution in [3.8, 4) is 0 Å². The fourth-order valence-electron chi connectivity index (χ4n) is 5.33. The summed E-state index contributed by atoms with van der Waals surface area (Å²) in [6.07, 6.45) is 4.53. The molecule has 0 radical (unpaired) electrons. The highest BCUT2D eigenvalue weighted by Gasteiger charge is 2.44. The van der Waals surface area contributed by atoms with E-state index in [1.807, 2.05) is 41.5 Å². The SMILES string of the molecule is CC(C)(C)CS(=O)(=O)c1cccc(NC(=O)c2ccc(S(=O)(=O)CC(C)(C)C)cc2N2CCC3(CC2)CC3)c1. The highest BCUT2D eigenvalue weighted by Crippen LogP contribution is 2.54. The minimum atomic E-state index is -3.55. The largest absolute Gasteiger partial charge is 0.371 e. The lowest BCUT2D eigenvalue weighted by atomic mass is 9.93. The minimum absolute atomic E-state index is 0.00389. The highest BCUT2D eigenvalue weighted by molar-refractivity contribution is 7.91. The van der Waals surface area contributed by atoms with E-state index in [-0.39, 0.29) is 21.3 Å².